The lowest BCUT2D eigenvalue weighted by Gasteiger charge is -2.24. The summed E-state index contributed by atoms with van der Waals surface area (Å²) in [5, 5.41) is 0. The maximum atomic E-state index is 6.01. The lowest BCUT2D eigenvalue weighted by molar-refractivity contribution is -0.0558. The molecule has 0 amide bonds. The Labute approximate surface area is 124 Å². The molecule has 108 valence electrons. The molecule has 0 heterocycles. The molecule has 4 heteroatoms. The molecular formula is C15H24BrNO2. The van der Waals surface area contributed by atoms with Crippen LogP contribution in [0, 0.1) is 0 Å². The van der Waals surface area contributed by atoms with E-state index in [2.05, 4.69) is 15.9 Å². The summed E-state index contributed by atoms with van der Waals surface area (Å²) in [5.74, 6) is 0. The van der Waals surface area contributed by atoms with Crippen molar-refractivity contribution >= 4 is 15.9 Å². The smallest absolute Gasteiger partial charge is 0.0974 e. The van der Waals surface area contributed by atoms with Crippen LogP contribution in [-0.2, 0) is 9.47 Å². The van der Waals surface area contributed by atoms with Gasteiger partial charge in [0.15, 0.2) is 0 Å². The maximum absolute atomic E-state index is 6.01. The van der Waals surface area contributed by atoms with Crippen molar-refractivity contribution in [2.24, 2.45) is 5.73 Å². The predicted octanol–water partition coefficient (Wildman–Crippen LogP) is 3.67. The fraction of sp³-hybridized carbons (Fsp3) is 0.600. The Kier molecular flexibility index (Phi) is 6.47. The number of benzene rings is 1. The average molecular weight is 330 g/mol. The molecule has 3 nitrogen and oxygen atoms in total. The zero-order valence-corrected chi connectivity index (χ0v) is 13.7. The third-order valence-electron chi connectivity index (χ3n) is 2.57. The summed E-state index contributed by atoms with van der Waals surface area (Å²) in [6, 6.07) is 7.99. The second-order valence-electron chi connectivity index (χ2n) is 5.67. The van der Waals surface area contributed by atoms with Crippen molar-refractivity contribution in [1.29, 1.82) is 0 Å². The van der Waals surface area contributed by atoms with Crippen LogP contribution in [0.2, 0.25) is 0 Å². The first kappa shape index (κ1) is 16.6. The van der Waals surface area contributed by atoms with Gasteiger partial charge in [-0.1, -0.05) is 28.1 Å². The Morgan fingerprint density at radius 1 is 1.26 bits per heavy atom. The molecule has 0 aliphatic carbocycles. The third-order valence-corrected chi connectivity index (χ3v) is 3.06. The summed E-state index contributed by atoms with van der Waals surface area (Å²) in [6.45, 7) is 9.16. The lowest BCUT2D eigenvalue weighted by atomic mass is 10.0. The van der Waals surface area contributed by atoms with Crippen LogP contribution in [-0.4, -0.2) is 24.9 Å². The van der Waals surface area contributed by atoms with Gasteiger partial charge in [-0.3, -0.25) is 0 Å². The zero-order valence-electron chi connectivity index (χ0n) is 12.2. The fourth-order valence-corrected chi connectivity index (χ4v) is 2.18. The number of ether oxygens (including phenoxy) is 2. The van der Waals surface area contributed by atoms with E-state index < -0.39 is 0 Å². The van der Waals surface area contributed by atoms with E-state index >= 15 is 0 Å². The van der Waals surface area contributed by atoms with Gasteiger partial charge in [0.05, 0.1) is 24.9 Å². The largest absolute Gasteiger partial charge is 0.373 e. The molecule has 1 rings (SSSR count). The summed E-state index contributed by atoms with van der Waals surface area (Å²) < 4.78 is 12.5. The minimum Gasteiger partial charge on any atom is -0.373 e. The standard InChI is InChI=1S/C15H24BrNO2/c1-11(17)14(12-6-5-7-13(16)10-12)18-8-9-19-15(2,3)4/h5-7,10-11,14H,8-9,17H2,1-4H3. The Bertz CT molecular complexity index is 388. The second-order valence-corrected chi connectivity index (χ2v) is 6.58. The van der Waals surface area contributed by atoms with E-state index in [1.165, 1.54) is 0 Å². The van der Waals surface area contributed by atoms with Crippen molar-refractivity contribution in [3.8, 4) is 0 Å². The van der Waals surface area contributed by atoms with E-state index in [1.807, 2.05) is 52.0 Å². The van der Waals surface area contributed by atoms with Crippen LogP contribution in [0.1, 0.15) is 39.4 Å². The topological polar surface area (TPSA) is 44.5 Å². The molecule has 0 saturated carbocycles. The monoisotopic (exact) mass is 329 g/mol. The van der Waals surface area contributed by atoms with Crippen molar-refractivity contribution < 1.29 is 9.47 Å². The van der Waals surface area contributed by atoms with Gasteiger partial charge in [0, 0.05) is 10.5 Å². The number of hydrogen-bond acceptors (Lipinski definition) is 3. The Hall–Kier alpha value is -0.420. The first-order valence-electron chi connectivity index (χ1n) is 6.56. The molecule has 0 spiro atoms. The Morgan fingerprint density at radius 3 is 2.47 bits per heavy atom. The first-order chi connectivity index (χ1) is 8.79. The highest BCUT2D eigenvalue weighted by molar-refractivity contribution is 9.10. The first-order valence-corrected chi connectivity index (χ1v) is 7.35. The lowest BCUT2D eigenvalue weighted by Crippen LogP contribution is -2.29. The number of nitrogens with two attached hydrogens (primary N) is 1. The van der Waals surface area contributed by atoms with E-state index in [1.54, 1.807) is 0 Å². The van der Waals surface area contributed by atoms with Crippen LogP contribution in [0.5, 0.6) is 0 Å². The average Bonchev–Trinajstić information content (AvgIpc) is 2.26. The van der Waals surface area contributed by atoms with Crippen LogP contribution in [0.25, 0.3) is 0 Å². The van der Waals surface area contributed by atoms with Gasteiger partial charge in [-0.25, -0.2) is 0 Å². The van der Waals surface area contributed by atoms with Crippen LogP contribution in [0.3, 0.4) is 0 Å². The Balaban J connectivity index is 2.55. The van der Waals surface area contributed by atoms with Gasteiger partial charge >= 0.3 is 0 Å². The zero-order chi connectivity index (χ0) is 14.5. The molecule has 0 bridgehead atoms. The minimum absolute atomic E-state index is 0.0658. The number of halogens is 1. The summed E-state index contributed by atoms with van der Waals surface area (Å²) >= 11 is 3.47. The predicted molar refractivity (Wildman–Crippen MR) is 82.2 cm³/mol. The summed E-state index contributed by atoms with van der Waals surface area (Å²) in [4.78, 5) is 0. The summed E-state index contributed by atoms with van der Waals surface area (Å²) in [6.07, 6.45) is -0.110. The molecule has 2 atom stereocenters. The summed E-state index contributed by atoms with van der Waals surface area (Å²) in [7, 11) is 0. The molecule has 0 aliphatic heterocycles. The van der Waals surface area contributed by atoms with E-state index in [0.717, 1.165) is 10.0 Å². The second kappa shape index (κ2) is 7.39. The van der Waals surface area contributed by atoms with Gasteiger partial charge in [-0.15, -0.1) is 0 Å². The normalized spacial score (nSPS) is 15.3. The molecule has 19 heavy (non-hydrogen) atoms. The highest BCUT2D eigenvalue weighted by atomic mass is 79.9. The fourth-order valence-electron chi connectivity index (χ4n) is 1.76. The molecule has 0 aliphatic rings. The third kappa shape index (κ3) is 6.52. The van der Waals surface area contributed by atoms with Crippen molar-refractivity contribution in [3.05, 3.63) is 34.3 Å². The van der Waals surface area contributed by atoms with Gasteiger partial charge < -0.3 is 15.2 Å². The van der Waals surface area contributed by atoms with E-state index in [4.69, 9.17) is 15.2 Å². The molecule has 0 aromatic heterocycles. The van der Waals surface area contributed by atoms with Gasteiger partial charge in [0.1, 0.15) is 0 Å². The van der Waals surface area contributed by atoms with Gasteiger partial charge in [-0.05, 0) is 45.4 Å². The van der Waals surface area contributed by atoms with Crippen molar-refractivity contribution in [3.63, 3.8) is 0 Å². The van der Waals surface area contributed by atoms with E-state index in [9.17, 15) is 0 Å². The molecule has 0 radical (unpaired) electrons. The molecule has 1 aromatic rings. The van der Waals surface area contributed by atoms with Gasteiger partial charge in [0.2, 0.25) is 0 Å². The van der Waals surface area contributed by atoms with Gasteiger partial charge in [0.25, 0.3) is 0 Å². The minimum atomic E-state index is -0.136. The highest BCUT2D eigenvalue weighted by Gasteiger charge is 2.17. The molecule has 1 aromatic carbocycles. The molecule has 2 N–H and O–H groups in total. The van der Waals surface area contributed by atoms with Crippen LogP contribution >= 0.6 is 15.9 Å². The quantitative estimate of drug-likeness (QED) is 0.810. The van der Waals surface area contributed by atoms with Crippen LogP contribution in [0.4, 0.5) is 0 Å². The van der Waals surface area contributed by atoms with E-state index in [0.29, 0.717) is 13.2 Å². The molecular weight excluding hydrogens is 306 g/mol. The number of hydrogen-bond donors (Lipinski definition) is 1. The molecule has 0 saturated heterocycles. The molecule has 0 fully saturated rings. The SMILES string of the molecule is CC(N)C(OCCOC(C)(C)C)c1cccc(Br)c1. The molecule has 2 unspecified atom stereocenters. The van der Waals surface area contributed by atoms with Crippen LogP contribution < -0.4 is 5.73 Å². The van der Waals surface area contributed by atoms with Crippen LogP contribution in [0.15, 0.2) is 28.7 Å². The summed E-state index contributed by atoms with van der Waals surface area (Å²) in [5.41, 5.74) is 6.95. The Morgan fingerprint density at radius 2 is 1.95 bits per heavy atom. The van der Waals surface area contributed by atoms with Gasteiger partial charge in [-0.2, -0.15) is 0 Å². The van der Waals surface area contributed by atoms with Crippen molar-refractivity contribution in [2.75, 3.05) is 13.2 Å². The maximum Gasteiger partial charge on any atom is 0.0974 e. The van der Waals surface area contributed by atoms with Crippen molar-refractivity contribution in [1.82, 2.24) is 0 Å². The number of rotatable bonds is 6. The van der Waals surface area contributed by atoms with E-state index in [-0.39, 0.29) is 17.7 Å². The highest BCUT2D eigenvalue weighted by Crippen LogP contribution is 2.23. The van der Waals surface area contributed by atoms with Crippen molar-refractivity contribution in [2.45, 2.75) is 45.4 Å².